The van der Waals surface area contributed by atoms with Crippen LogP contribution in [0.4, 0.5) is 0 Å². The smallest absolute Gasteiger partial charge is 0.227 e. The molecule has 0 spiro atoms. The number of likely N-dealkylation sites (tertiary alicyclic amines) is 1. The highest BCUT2D eigenvalue weighted by atomic mass is 35.5. The molecule has 3 N–H and O–H groups in total. The number of nitrogens with one attached hydrogen (secondary N) is 1. The van der Waals surface area contributed by atoms with Crippen molar-refractivity contribution in [2.75, 3.05) is 20.1 Å². The van der Waals surface area contributed by atoms with Crippen LogP contribution in [-0.2, 0) is 4.79 Å². The number of nitrogens with two attached hydrogens (primary N) is 1. The van der Waals surface area contributed by atoms with Gasteiger partial charge in [0.15, 0.2) is 0 Å². The molecule has 2 heterocycles. The Bertz CT molecular complexity index is 491. The average Bonchev–Trinajstić information content (AvgIpc) is 2.97. The first-order chi connectivity index (χ1) is 9.37. The summed E-state index contributed by atoms with van der Waals surface area (Å²) in [6.45, 7) is 5.64. The highest BCUT2D eigenvalue weighted by Crippen LogP contribution is 2.39. The number of carbonyl (C=O) groups is 1. The van der Waals surface area contributed by atoms with Crippen molar-refractivity contribution in [1.29, 1.82) is 0 Å². The van der Waals surface area contributed by atoms with Crippen LogP contribution >= 0.6 is 22.9 Å². The Labute approximate surface area is 129 Å². The van der Waals surface area contributed by atoms with Gasteiger partial charge < -0.3 is 11.1 Å². The quantitative estimate of drug-likeness (QED) is 0.896. The molecule has 1 aromatic rings. The maximum absolute atomic E-state index is 12.0. The third-order valence-corrected chi connectivity index (χ3v) is 5.36. The molecule has 1 aromatic heterocycles. The predicted molar refractivity (Wildman–Crippen MR) is 84.1 cm³/mol. The molecule has 3 unspecified atom stereocenters. The minimum absolute atomic E-state index is 0.00301. The summed E-state index contributed by atoms with van der Waals surface area (Å²) in [4.78, 5) is 15.5. The van der Waals surface area contributed by atoms with Crippen molar-refractivity contribution < 1.29 is 4.79 Å². The van der Waals surface area contributed by atoms with Gasteiger partial charge in [0.05, 0.1) is 15.8 Å². The second-order valence-corrected chi connectivity index (χ2v) is 7.55. The summed E-state index contributed by atoms with van der Waals surface area (Å²) in [5, 5.41) is 2.76. The number of amides is 1. The van der Waals surface area contributed by atoms with E-state index >= 15 is 0 Å². The highest BCUT2D eigenvalue weighted by molar-refractivity contribution is 7.16. The molecule has 1 saturated heterocycles. The first kappa shape index (κ1) is 15.8. The van der Waals surface area contributed by atoms with Crippen molar-refractivity contribution >= 4 is 28.8 Å². The first-order valence-electron chi connectivity index (χ1n) is 6.84. The molecule has 1 aliphatic rings. The lowest BCUT2D eigenvalue weighted by Crippen LogP contribution is -2.42. The van der Waals surface area contributed by atoms with Crippen molar-refractivity contribution in [3.8, 4) is 0 Å². The minimum Gasteiger partial charge on any atom is -0.359 e. The van der Waals surface area contributed by atoms with E-state index in [1.54, 1.807) is 18.4 Å². The Hall–Kier alpha value is -0.620. The van der Waals surface area contributed by atoms with Gasteiger partial charge in [0.25, 0.3) is 0 Å². The molecular formula is C14H22ClN3OS. The lowest BCUT2D eigenvalue weighted by atomic mass is 9.89. The Morgan fingerprint density at radius 3 is 2.80 bits per heavy atom. The van der Waals surface area contributed by atoms with Crippen molar-refractivity contribution in [3.05, 3.63) is 21.3 Å². The van der Waals surface area contributed by atoms with E-state index in [9.17, 15) is 4.79 Å². The minimum atomic E-state index is -0.330. The third-order valence-electron chi connectivity index (χ3n) is 4.06. The zero-order chi connectivity index (χ0) is 14.9. The standard InChI is InChI=1S/C14H22ClN3OS/c1-9(16)12(10-4-5-11(15)20-10)18-7-6-14(2,8-18)13(19)17-3/h4-5,9,12H,6-8,16H2,1-3H3,(H,17,19). The fourth-order valence-corrected chi connectivity index (χ4v) is 4.29. The summed E-state index contributed by atoms with van der Waals surface area (Å²) in [5.41, 5.74) is 5.85. The van der Waals surface area contributed by atoms with E-state index < -0.39 is 0 Å². The SMILES string of the molecule is CNC(=O)C1(C)CCN(C(c2ccc(Cl)s2)C(C)N)C1. The van der Waals surface area contributed by atoms with Gasteiger partial charge in [-0.25, -0.2) is 0 Å². The largest absolute Gasteiger partial charge is 0.359 e. The molecule has 112 valence electrons. The van der Waals surface area contributed by atoms with E-state index in [0.29, 0.717) is 0 Å². The molecule has 0 aromatic carbocycles. The zero-order valence-electron chi connectivity index (χ0n) is 12.1. The van der Waals surface area contributed by atoms with E-state index in [4.69, 9.17) is 17.3 Å². The van der Waals surface area contributed by atoms with E-state index in [1.165, 1.54) is 4.88 Å². The monoisotopic (exact) mass is 315 g/mol. The number of hydrogen-bond donors (Lipinski definition) is 2. The van der Waals surface area contributed by atoms with Gasteiger partial charge in [0, 0.05) is 24.5 Å². The number of hydrogen-bond acceptors (Lipinski definition) is 4. The lowest BCUT2D eigenvalue weighted by molar-refractivity contribution is -0.129. The molecule has 2 rings (SSSR count). The van der Waals surface area contributed by atoms with Gasteiger partial charge in [-0.15, -0.1) is 11.3 Å². The van der Waals surface area contributed by atoms with Crippen LogP contribution in [0.1, 0.15) is 31.2 Å². The normalized spacial score (nSPS) is 26.4. The van der Waals surface area contributed by atoms with Crippen LogP contribution in [0.2, 0.25) is 4.34 Å². The maximum Gasteiger partial charge on any atom is 0.227 e. The van der Waals surface area contributed by atoms with Gasteiger partial charge in [-0.05, 0) is 38.9 Å². The molecule has 4 nitrogen and oxygen atoms in total. The number of halogens is 1. The van der Waals surface area contributed by atoms with Crippen LogP contribution in [-0.4, -0.2) is 37.0 Å². The van der Waals surface area contributed by atoms with Gasteiger partial charge in [-0.2, -0.15) is 0 Å². The molecule has 20 heavy (non-hydrogen) atoms. The first-order valence-corrected chi connectivity index (χ1v) is 8.04. The predicted octanol–water partition coefficient (Wildman–Crippen LogP) is 2.25. The number of carbonyl (C=O) groups excluding carboxylic acids is 1. The fraction of sp³-hybridized carbons (Fsp3) is 0.643. The summed E-state index contributed by atoms with van der Waals surface area (Å²) in [6.07, 6.45) is 0.856. The molecule has 0 aliphatic carbocycles. The Kier molecular flexibility index (Phi) is 4.74. The molecular weight excluding hydrogens is 294 g/mol. The highest BCUT2D eigenvalue weighted by Gasteiger charge is 2.43. The number of rotatable bonds is 4. The number of nitrogens with zero attached hydrogens (tertiary/aromatic N) is 1. The van der Waals surface area contributed by atoms with Gasteiger partial charge in [-0.1, -0.05) is 11.6 Å². The number of thiophene rings is 1. The van der Waals surface area contributed by atoms with E-state index in [1.807, 2.05) is 26.0 Å². The summed E-state index contributed by atoms with van der Waals surface area (Å²) >= 11 is 7.61. The van der Waals surface area contributed by atoms with E-state index in [2.05, 4.69) is 10.2 Å². The lowest BCUT2D eigenvalue weighted by Gasteiger charge is -2.31. The van der Waals surface area contributed by atoms with Gasteiger partial charge in [-0.3, -0.25) is 9.69 Å². The molecule has 0 radical (unpaired) electrons. The molecule has 1 fully saturated rings. The third kappa shape index (κ3) is 3.01. The van der Waals surface area contributed by atoms with Gasteiger partial charge >= 0.3 is 0 Å². The van der Waals surface area contributed by atoms with Crippen molar-refractivity contribution in [1.82, 2.24) is 10.2 Å². The molecule has 1 amide bonds. The fourth-order valence-electron chi connectivity index (χ4n) is 2.98. The van der Waals surface area contributed by atoms with E-state index in [-0.39, 0.29) is 23.4 Å². The van der Waals surface area contributed by atoms with Gasteiger partial charge in [0.2, 0.25) is 5.91 Å². The zero-order valence-corrected chi connectivity index (χ0v) is 13.7. The van der Waals surface area contributed by atoms with E-state index in [0.717, 1.165) is 23.8 Å². The second-order valence-electron chi connectivity index (χ2n) is 5.81. The molecule has 1 aliphatic heterocycles. The Morgan fingerprint density at radius 1 is 1.60 bits per heavy atom. The van der Waals surface area contributed by atoms with Crippen LogP contribution in [0.5, 0.6) is 0 Å². The molecule has 0 saturated carbocycles. The van der Waals surface area contributed by atoms with Crippen LogP contribution in [0.15, 0.2) is 12.1 Å². The Balaban J connectivity index is 2.19. The summed E-state index contributed by atoms with van der Waals surface area (Å²) in [6, 6.07) is 4.07. The molecule has 6 heteroatoms. The van der Waals surface area contributed by atoms with Crippen LogP contribution in [0.3, 0.4) is 0 Å². The Morgan fingerprint density at radius 2 is 2.30 bits per heavy atom. The van der Waals surface area contributed by atoms with Crippen LogP contribution in [0, 0.1) is 5.41 Å². The summed E-state index contributed by atoms with van der Waals surface area (Å²) in [5.74, 6) is 0.104. The van der Waals surface area contributed by atoms with Crippen LogP contribution < -0.4 is 11.1 Å². The summed E-state index contributed by atoms with van der Waals surface area (Å²) in [7, 11) is 1.69. The van der Waals surface area contributed by atoms with Gasteiger partial charge in [0.1, 0.15) is 0 Å². The van der Waals surface area contributed by atoms with Crippen molar-refractivity contribution in [3.63, 3.8) is 0 Å². The van der Waals surface area contributed by atoms with Crippen LogP contribution in [0.25, 0.3) is 0 Å². The molecule has 3 atom stereocenters. The maximum atomic E-state index is 12.0. The van der Waals surface area contributed by atoms with Crippen molar-refractivity contribution in [2.24, 2.45) is 11.1 Å². The average molecular weight is 316 g/mol. The second kappa shape index (κ2) is 6.02. The topological polar surface area (TPSA) is 58.4 Å². The summed E-state index contributed by atoms with van der Waals surface area (Å²) < 4.78 is 0.777. The molecule has 0 bridgehead atoms. The van der Waals surface area contributed by atoms with Crippen molar-refractivity contribution in [2.45, 2.75) is 32.4 Å².